The van der Waals surface area contributed by atoms with E-state index >= 15 is 0 Å². The molecule has 2 amide bonds. The second kappa shape index (κ2) is 4.64. The van der Waals surface area contributed by atoms with Gasteiger partial charge in [0.2, 0.25) is 11.8 Å². The number of carbonyl (C=O) groups excluding carboxylic acids is 2. The highest BCUT2D eigenvalue weighted by Gasteiger charge is 2.40. The third-order valence-electron chi connectivity index (χ3n) is 4.05. The maximum atomic E-state index is 12.1. The monoisotopic (exact) mass is 239 g/mol. The molecular weight excluding hydrogens is 218 g/mol. The Balaban J connectivity index is 1.87. The number of rotatable bonds is 3. The summed E-state index contributed by atoms with van der Waals surface area (Å²) in [5, 5.41) is 3.26. The summed E-state index contributed by atoms with van der Waals surface area (Å²) in [5.74, 6) is 0.335. The molecule has 0 radical (unpaired) electrons. The van der Waals surface area contributed by atoms with E-state index in [9.17, 15) is 9.59 Å². The minimum Gasteiger partial charge on any atom is -0.369 e. The van der Waals surface area contributed by atoms with Gasteiger partial charge in [-0.1, -0.05) is 0 Å². The Morgan fingerprint density at radius 2 is 2.29 bits per heavy atom. The largest absolute Gasteiger partial charge is 0.369 e. The zero-order chi connectivity index (χ0) is 12.5. The highest BCUT2D eigenvalue weighted by atomic mass is 16.2. The summed E-state index contributed by atoms with van der Waals surface area (Å²) in [6.45, 7) is 4.95. The third-order valence-corrected chi connectivity index (χ3v) is 4.05. The van der Waals surface area contributed by atoms with E-state index < -0.39 is 5.41 Å². The van der Waals surface area contributed by atoms with E-state index in [0.717, 1.165) is 19.5 Å². The molecule has 0 aliphatic carbocycles. The van der Waals surface area contributed by atoms with Gasteiger partial charge in [0.25, 0.3) is 0 Å². The molecule has 2 heterocycles. The Hall–Kier alpha value is -1.10. The molecule has 0 aromatic rings. The van der Waals surface area contributed by atoms with Crippen molar-refractivity contribution < 1.29 is 9.59 Å². The zero-order valence-corrected chi connectivity index (χ0v) is 10.4. The molecule has 0 aromatic heterocycles. The first-order chi connectivity index (χ1) is 8.01. The van der Waals surface area contributed by atoms with Crippen molar-refractivity contribution in [2.75, 3.05) is 26.2 Å². The molecule has 5 nitrogen and oxygen atoms in total. The number of nitrogens with zero attached hydrogens (tertiary/aromatic N) is 1. The summed E-state index contributed by atoms with van der Waals surface area (Å²) in [6.07, 6.45) is 2.37. The lowest BCUT2D eigenvalue weighted by Crippen LogP contribution is -2.39. The Labute approximate surface area is 102 Å². The smallest absolute Gasteiger partial charge is 0.225 e. The minimum atomic E-state index is -0.524. The van der Waals surface area contributed by atoms with Gasteiger partial charge in [-0.15, -0.1) is 0 Å². The van der Waals surface area contributed by atoms with Gasteiger partial charge in [-0.25, -0.2) is 0 Å². The molecule has 2 fully saturated rings. The van der Waals surface area contributed by atoms with Crippen molar-refractivity contribution in [3.63, 3.8) is 0 Å². The first-order valence-corrected chi connectivity index (χ1v) is 6.30. The van der Waals surface area contributed by atoms with Crippen molar-refractivity contribution in [1.29, 1.82) is 0 Å². The average Bonchev–Trinajstić information content (AvgIpc) is 2.88. The van der Waals surface area contributed by atoms with Crippen molar-refractivity contribution in [2.45, 2.75) is 26.2 Å². The van der Waals surface area contributed by atoms with E-state index in [1.165, 1.54) is 0 Å². The molecule has 0 aromatic carbocycles. The summed E-state index contributed by atoms with van der Waals surface area (Å²) < 4.78 is 0. The van der Waals surface area contributed by atoms with E-state index in [1.54, 1.807) is 4.90 Å². The van der Waals surface area contributed by atoms with Crippen molar-refractivity contribution in [1.82, 2.24) is 10.2 Å². The first-order valence-electron chi connectivity index (χ1n) is 6.30. The van der Waals surface area contributed by atoms with E-state index in [4.69, 9.17) is 5.73 Å². The minimum absolute atomic E-state index is 0.170. The van der Waals surface area contributed by atoms with Crippen LogP contribution >= 0.6 is 0 Å². The Bertz CT molecular complexity index is 326. The third kappa shape index (κ3) is 2.60. The molecule has 17 heavy (non-hydrogen) atoms. The molecule has 5 heteroatoms. The molecule has 2 aliphatic rings. The molecule has 2 unspecified atom stereocenters. The lowest BCUT2D eigenvalue weighted by molar-refractivity contribution is -0.132. The fourth-order valence-corrected chi connectivity index (χ4v) is 2.64. The Morgan fingerprint density at radius 3 is 2.82 bits per heavy atom. The van der Waals surface area contributed by atoms with Crippen molar-refractivity contribution in [3.8, 4) is 0 Å². The summed E-state index contributed by atoms with van der Waals surface area (Å²) >= 11 is 0. The lowest BCUT2D eigenvalue weighted by Gasteiger charge is -2.22. The van der Waals surface area contributed by atoms with Gasteiger partial charge in [-0.2, -0.15) is 0 Å². The van der Waals surface area contributed by atoms with Crippen LogP contribution in [0.1, 0.15) is 26.2 Å². The van der Waals surface area contributed by atoms with Crippen LogP contribution in [0.5, 0.6) is 0 Å². The summed E-state index contributed by atoms with van der Waals surface area (Å²) in [5.41, 5.74) is 4.85. The van der Waals surface area contributed by atoms with Gasteiger partial charge in [0.05, 0.1) is 5.41 Å². The van der Waals surface area contributed by atoms with Crippen LogP contribution in [0.25, 0.3) is 0 Å². The first kappa shape index (κ1) is 12.4. The van der Waals surface area contributed by atoms with Crippen molar-refractivity contribution >= 4 is 11.8 Å². The van der Waals surface area contributed by atoms with Crippen LogP contribution in [0.2, 0.25) is 0 Å². The summed E-state index contributed by atoms with van der Waals surface area (Å²) in [7, 11) is 0. The molecule has 0 spiro atoms. The highest BCUT2D eigenvalue weighted by Crippen LogP contribution is 2.30. The van der Waals surface area contributed by atoms with Crippen LogP contribution in [-0.2, 0) is 9.59 Å². The highest BCUT2D eigenvalue weighted by molar-refractivity contribution is 5.83. The van der Waals surface area contributed by atoms with E-state index in [1.807, 2.05) is 6.92 Å². The summed E-state index contributed by atoms with van der Waals surface area (Å²) in [6, 6.07) is 0. The molecule has 2 atom stereocenters. The van der Waals surface area contributed by atoms with Gasteiger partial charge < -0.3 is 16.0 Å². The zero-order valence-electron chi connectivity index (χ0n) is 10.4. The van der Waals surface area contributed by atoms with E-state index in [0.29, 0.717) is 31.8 Å². The number of nitrogens with one attached hydrogen (secondary N) is 1. The van der Waals surface area contributed by atoms with Gasteiger partial charge in [0.15, 0.2) is 0 Å². The van der Waals surface area contributed by atoms with Gasteiger partial charge in [-0.05, 0) is 38.8 Å². The predicted octanol–water partition coefficient (Wildman–Crippen LogP) is -0.290. The number of hydrogen-bond donors (Lipinski definition) is 2. The fraction of sp³-hybridized carbons (Fsp3) is 0.833. The molecule has 3 N–H and O–H groups in total. The predicted molar refractivity (Wildman–Crippen MR) is 64.1 cm³/mol. The number of nitrogens with two attached hydrogens (primary N) is 1. The fourth-order valence-electron chi connectivity index (χ4n) is 2.64. The maximum absolute atomic E-state index is 12.1. The van der Waals surface area contributed by atoms with Crippen LogP contribution in [0, 0.1) is 11.3 Å². The number of hydrogen-bond acceptors (Lipinski definition) is 3. The number of likely N-dealkylation sites (tertiary alicyclic amines) is 1. The quantitative estimate of drug-likeness (QED) is 0.710. The Morgan fingerprint density at radius 1 is 1.53 bits per heavy atom. The van der Waals surface area contributed by atoms with Crippen LogP contribution in [0.3, 0.4) is 0 Å². The normalized spacial score (nSPS) is 33.0. The van der Waals surface area contributed by atoms with Crippen LogP contribution in [0.15, 0.2) is 0 Å². The molecule has 96 valence electrons. The molecule has 0 bridgehead atoms. The number of carbonyl (C=O) groups is 2. The topological polar surface area (TPSA) is 75.4 Å². The van der Waals surface area contributed by atoms with Crippen molar-refractivity contribution in [3.05, 3.63) is 0 Å². The van der Waals surface area contributed by atoms with Crippen LogP contribution < -0.4 is 11.1 Å². The number of amides is 2. The maximum Gasteiger partial charge on any atom is 0.225 e. The molecule has 2 rings (SSSR count). The van der Waals surface area contributed by atoms with Gasteiger partial charge >= 0.3 is 0 Å². The van der Waals surface area contributed by atoms with Gasteiger partial charge in [-0.3, -0.25) is 9.59 Å². The molecule has 2 saturated heterocycles. The summed E-state index contributed by atoms with van der Waals surface area (Å²) in [4.78, 5) is 25.2. The van der Waals surface area contributed by atoms with Gasteiger partial charge in [0, 0.05) is 19.5 Å². The standard InChI is InChI=1S/C12H21N3O2/c1-12(11(13)17)3-5-15(8-12)10(16)6-9-2-4-14-7-9/h9,14H,2-8H2,1H3,(H2,13,17). The Kier molecular flexibility index (Phi) is 3.38. The SMILES string of the molecule is CC1(C(N)=O)CCN(C(=O)CC2CCNC2)C1. The molecular formula is C12H21N3O2. The van der Waals surface area contributed by atoms with E-state index in [2.05, 4.69) is 5.32 Å². The van der Waals surface area contributed by atoms with Crippen LogP contribution in [0.4, 0.5) is 0 Å². The van der Waals surface area contributed by atoms with E-state index in [-0.39, 0.29) is 11.8 Å². The lowest BCUT2D eigenvalue weighted by atomic mass is 9.89. The van der Waals surface area contributed by atoms with Crippen molar-refractivity contribution in [2.24, 2.45) is 17.1 Å². The number of primary amides is 1. The molecule has 0 saturated carbocycles. The van der Waals surface area contributed by atoms with Gasteiger partial charge in [0.1, 0.15) is 0 Å². The second-order valence-corrected chi connectivity index (χ2v) is 5.55. The second-order valence-electron chi connectivity index (χ2n) is 5.55. The average molecular weight is 239 g/mol. The van der Waals surface area contributed by atoms with Crippen LogP contribution in [-0.4, -0.2) is 42.9 Å². The molecule has 2 aliphatic heterocycles.